The number of benzene rings is 1. The molecule has 1 saturated carbocycles. The zero-order chi connectivity index (χ0) is 18.2. The van der Waals surface area contributed by atoms with Crippen molar-refractivity contribution in [3.05, 3.63) is 59.3 Å². The molecule has 1 aliphatic rings. The van der Waals surface area contributed by atoms with Gasteiger partial charge >= 0.3 is 0 Å². The van der Waals surface area contributed by atoms with Crippen LogP contribution in [0.25, 0.3) is 0 Å². The van der Waals surface area contributed by atoms with Gasteiger partial charge in [-0.3, -0.25) is 0 Å². The highest BCUT2D eigenvalue weighted by molar-refractivity contribution is 5.63. The Bertz CT molecular complexity index is 648. The van der Waals surface area contributed by atoms with Crippen LogP contribution in [0, 0.1) is 6.92 Å². The van der Waals surface area contributed by atoms with Crippen molar-refractivity contribution in [1.82, 2.24) is 0 Å². The average molecular weight is 340 g/mol. The Labute approximate surface area is 153 Å². The van der Waals surface area contributed by atoms with Crippen LogP contribution in [-0.2, 0) is 0 Å². The molecule has 0 unspecified atom stereocenters. The fourth-order valence-corrected chi connectivity index (χ4v) is 3.11. The molecule has 1 aliphatic carbocycles. The SMILES string of the molecule is C=C(Nc1ccc(C)cc1OC1CCCCC1)/C(C)=C(C)/C=C\CC. The van der Waals surface area contributed by atoms with Gasteiger partial charge in [0.15, 0.2) is 0 Å². The number of hydrogen-bond acceptors (Lipinski definition) is 2. The van der Waals surface area contributed by atoms with Crippen molar-refractivity contribution < 1.29 is 4.74 Å². The van der Waals surface area contributed by atoms with Gasteiger partial charge in [-0.25, -0.2) is 0 Å². The average Bonchev–Trinajstić information content (AvgIpc) is 2.62. The highest BCUT2D eigenvalue weighted by Crippen LogP contribution is 2.32. The molecule has 1 aromatic rings. The predicted octanol–water partition coefficient (Wildman–Crippen LogP) is 6.93. The molecular weight excluding hydrogens is 306 g/mol. The van der Waals surface area contributed by atoms with Crippen molar-refractivity contribution in [3.8, 4) is 5.75 Å². The van der Waals surface area contributed by atoms with Crippen molar-refractivity contribution in [2.75, 3.05) is 5.32 Å². The van der Waals surface area contributed by atoms with E-state index in [9.17, 15) is 0 Å². The van der Waals surface area contributed by atoms with Crippen molar-refractivity contribution in [1.29, 1.82) is 0 Å². The lowest BCUT2D eigenvalue weighted by atomic mass is 9.98. The molecule has 0 spiro atoms. The molecule has 2 rings (SSSR count). The monoisotopic (exact) mass is 339 g/mol. The van der Waals surface area contributed by atoms with Gasteiger partial charge in [0.2, 0.25) is 0 Å². The molecule has 0 atom stereocenters. The lowest BCUT2D eigenvalue weighted by molar-refractivity contribution is 0.156. The van der Waals surface area contributed by atoms with E-state index in [2.05, 4.69) is 69.9 Å². The number of hydrogen-bond donors (Lipinski definition) is 1. The van der Waals surface area contributed by atoms with Crippen LogP contribution < -0.4 is 10.1 Å². The maximum absolute atomic E-state index is 6.34. The number of aryl methyl sites for hydroxylation is 1. The Hall–Kier alpha value is -1.96. The summed E-state index contributed by atoms with van der Waals surface area (Å²) in [5, 5.41) is 3.47. The van der Waals surface area contributed by atoms with E-state index in [1.165, 1.54) is 36.0 Å². The van der Waals surface area contributed by atoms with E-state index in [0.717, 1.165) is 36.4 Å². The second kappa shape index (κ2) is 9.50. The highest BCUT2D eigenvalue weighted by Gasteiger charge is 2.17. The fourth-order valence-electron chi connectivity index (χ4n) is 3.11. The summed E-state index contributed by atoms with van der Waals surface area (Å²) >= 11 is 0. The second-order valence-electron chi connectivity index (χ2n) is 7.10. The predicted molar refractivity (Wildman–Crippen MR) is 109 cm³/mol. The maximum atomic E-state index is 6.34. The van der Waals surface area contributed by atoms with Crippen LogP contribution in [0.15, 0.2) is 53.8 Å². The van der Waals surface area contributed by atoms with Crippen LogP contribution in [0.4, 0.5) is 5.69 Å². The molecular formula is C23H33NO. The van der Waals surface area contributed by atoms with Gasteiger partial charge in [-0.15, -0.1) is 0 Å². The summed E-state index contributed by atoms with van der Waals surface area (Å²) in [5.74, 6) is 0.947. The smallest absolute Gasteiger partial charge is 0.143 e. The summed E-state index contributed by atoms with van der Waals surface area (Å²) in [7, 11) is 0. The minimum absolute atomic E-state index is 0.343. The number of nitrogens with one attached hydrogen (secondary N) is 1. The van der Waals surface area contributed by atoms with Crippen molar-refractivity contribution in [2.24, 2.45) is 0 Å². The topological polar surface area (TPSA) is 21.3 Å². The second-order valence-corrected chi connectivity index (χ2v) is 7.10. The van der Waals surface area contributed by atoms with Crippen LogP contribution >= 0.6 is 0 Å². The van der Waals surface area contributed by atoms with Crippen LogP contribution in [0.5, 0.6) is 5.75 Å². The first-order valence-corrected chi connectivity index (χ1v) is 9.59. The summed E-state index contributed by atoms with van der Waals surface area (Å²) in [6, 6.07) is 6.35. The molecule has 0 bridgehead atoms. The summed E-state index contributed by atoms with van der Waals surface area (Å²) in [4.78, 5) is 0. The van der Waals surface area contributed by atoms with Gasteiger partial charge < -0.3 is 10.1 Å². The van der Waals surface area contributed by atoms with Crippen LogP contribution in [0.3, 0.4) is 0 Å². The Morgan fingerprint density at radius 2 is 1.96 bits per heavy atom. The minimum Gasteiger partial charge on any atom is -0.488 e. The number of anilines is 1. The molecule has 25 heavy (non-hydrogen) atoms. The third kappa shape index (κ3) is 5.81. The lowest BCUT2D eigenvalue weighted by Crippen LogP contribution is -2.20. The molecule has 1 aromatic carbocycles. The Kier molecular flexibility index (Phi) is 7.36. The third-order valence-corrected chi connectivity index (χ3v) is 4.92. The first-order chi connectivity index (χ1) is 12.0. The van der Waals surface area contributed by atoms with Gasteiger partial charge in [0.25, 0.3) is 0 Å². The van der Waals surface area contributed by atoms with E-state index < -0.39 is 0 Å². The molecule has 2 nitrogen and oxygen atoms in total. The van der Waals surface area contributed by atoms with Crippen molar-refractivity contribution >= 4 is 5.69 Å². The van der Waals surface area contributed by atoms with Gasteiger partial charge in [-0.05, 0) is 81.7 Å². The van der Waals surface area contributed by atoms with Gasteiger partial charge in [0.1, 0.15) is 5.75 Å². The molecule has 0 amide bonds. The third-order valence-electron chi connectivity index (χ3n) is 4.92. The zero-order valence-corrected chi connectivity index (χ0v) is 16.3. The van der Waals surface area contributed by atoms with Crippen LogP contribution in [0.1, 0.15) is 64.9 Å². The van der Waals surface area contributed by atoms with Crippen LogP contribution in [-0.4, -0.2) is 6.10 Å². The zero-order valence-electron chi connectivity index (χ0n) is 16.3. The molecule has 1 fully saturated rings. The lowest BCUT2D eigenvalue weighted by Gasteiger charge is -2.25. The molecule has 136 valence electrons. The minimum atomic E-state index is 0.343. The van der Waals surface area contributed by atoms with E-state index in [-0.39, 0.29) is 0 Å². The first-order valence-electron chi connectivity index (χ1n) is 9.59. The number of allylic oxidation sites excluding steroid dienone is 4. The molecule has 0 aliphatic heterocycles. The highest BCUT2D eigenvalue weighted by atomic mass is 16.5. The Morgan fingerprint density at radius 3 is 2.64 bits per heavy atom. The quantitative estimate of drug-likeness (QED) is 0.543. The van der Waals surface area contributed by atoms with Crippen LogP contribution in [0.2, 0.25) is 0 Å². The van der Waals surface area contributed by atoms with Gasteiger partial charge in [0.05, 0.1) is 11.8 Å². The first kappa shape index (κ1) is 19.4. The Balaban J connectivity index is 2.15. The van der Waals surface area contributed by atoms with E-state index in [4.69, 9.17) is 4.74 Å². The van der Waals surface area contributed by atoms with Gasteiger partial charge in [-0.2, -0.15) is 0 Å². The molecule has 0 aromatic heterocycles. The van der Waals surface area contributed by atoms with E-state index in [1.54, 1.807) is 0 Å². The molecule has 1 N–H and O–H groups in total. The van der Waals surface area contributed by atoms with E-state index in [1.807, 2.05) is 0 Å². The molecule has 0 radical (unpaired) electrons. The van der Waals surface area contributed by atoms with Crippen molar-refractivity contribution in [3.63, 3.8) is 0 Å². The van der Waals surface area contributed by atoms with E-state index in [0.29, 0.717) is 6.10 Å². The normalized spacial score (nSPS) is 16.6. The van der Waals surface area contributed by atoms with E-state index >= 15 is 0 Å². The largest absolute Gasteiger partial charge is 0.488 e. The molecule has 0 heterocycles. The van der Waals surface area contributed by atoms with Crippen molar-refractivity contribution in [2.45, 2.75) is 72.3 Å². The molecule has 2 heteroatoms. The van der Waals surface area contributed by atoms with Gasteiger partial charge in [0, 0.05) is 5.70 Å². The summed E-state index contributed by atoms with van der Waals surface area (Å²) < 4.78 is 6.34. The molecule has 0 saturated heterocycles. The number of rotatable bonds is 7. The number of ether oxygens (including phenoxy) is 1. The maximum Gasteiger partial charge on any atom is 0.143 e. The summed E-state index contributed by atoms with van der Waals surface area (Å²) in [6.45, 7) is 12.7. The summed E-state index contributed by atoms with van der Waals surface area (Å²) in [5.41, 5.74) is 5.56. The standard InChI is InChI=1S/C23H33NO/c1-6-7-11-18(3)19(4)20(5)24-22-15-14-17(2)16-23(22)25-21-12-9-8-10-13-21/h7,11,14-16,21,24H,5-6,8-10,12-13H2,1-4H3/b11-7-,19-18+. The Morgan fingerprint density at radius 1 is 1.24 bits per heavy atom. The fraction of sp³-hybridized carbons (Fsp3) is 0.478. The van der Waals surface area contributed by atoms with Gasteiger partial charge in [-0.1, -0.05) is 38.1 Å². The summed E-state index contributed by atoms with van der Waals surface area (Å²) in [6.07, 6.45) is 11.9.